The summed E-state index contributed by atoms with van der Waals surface area (Å²) in [5.41, 5.74) is 7.05. The zero-order chi connectivity index (χ0) is 12.0. The van der Waals surface area contributed by atoms with E-state index in [1.807, 2.05) is 19.1 Å². The summed E-state index contributed by atoms with van der Waals surface area (Å²) in [7, 11) is 0. The molecule has 0 saturated heterocycles. The number of nitrogens with two attached hydrogens (primary N) is 1. The Morgan fingerprint density at radius 1 is 1.25 bits per heavy atom. The van der Waals surface area contributed by atoms with Gasteiger partial charge in [-0.15, -0.1) is 0 Å². The highest BCUT2D eigenvalue weighted by molar-refractivity contribution is 5.28. The van der Waals surface area contributed by atoms with Gasteiger partial charge in [-0.1, -0.05) is 26.0 Å². The number of hydrogen-bond acceptors (Lipinski definition) is 2. The van der Waals surface area contributed by atoms with Gasteiger partial charge in [0.15, 0.2) is 0 Å². The first kappa shape index (κ1) is 13.0. The van der Waals surface area contributed by atoms with Crippen LogP contribution < -0.4 is 10.5 Å². The molecule has 0 aromatic heterocycles. The average molecular weight is 221 g/mol. The van der Waals surface area contributed by atoms with Gasteiger partial charge >= 0.3 is 0 Å². The smallest absolute Gasteiger partial charge is 0.119 e. The quantitative estimate of drug-likeness (QED) is 0.801. The Labute approximate surface area is 98.8 Å². The molecule has 0 spiro atoms. The molecule has 2 N–H and O–H groups in total. The van der Waals surface area contributed by atoms with Crippen molar-refractivity contribution in [1.82, 2.24) is 0 Å². The summed E-state index contributed by atoms with van der Waals surface area (Å²) in [6, 6.07) is 8.57. The van der Waals surface area contributed by atoms with Crippen molar-refractivity contribution in [1.29, 1.82) is 0 Å². The zero-order valence-corrected chi connectivity index (χ0v) is 10.6. The first-order chi connectivity index (χ1) is 7.58. The molecular formula is C14H23NO. The van der Waals surface area contributed by atoms with Gasteiger partial charge in [0.2, 0.25) is 0 Å². The Morgan fingerprint density at radius 3 is 2.62 bits per heavy atom. The maximum absolute atomic E-state index is 5.75. The van der Waals surface area contributed by atoms with E-state index in [0.717, 1.165) is 25.2 Å². The van der Waals surface area contributed by atoms with Gasteiger partial charge in [0, 0.05) is 6.04 Å². The van der Waals surface area contributed by atoms with Gasteiger partial charge in [-0.3, -0.25) is 0 Å². The summed E-state index contributed by atoms with van der Waals surface area (Å²) in [4.78, 5) is 0. The highest BCUT2D eigenvalue weighted by Crippen LogP contribution is 2.15. The molecule has 0 aliphatic rings. The predicted octanol–water partition coefficient (Wildman–Crippen LogP) is 3.00. The Hall–Kier alpha value is -1.02. The van der Waals surface area contributed by atoms with Gasteiger partial charge in [0.1, 0.15) is 5.75 Å². The third-order valence-electron chi connectivity index (χ3n) is 2.37. The van der Waals surface area contributed by atoms with E-state index in [9.17, 15) is 0 Å². The minimum Gasteiger partial charge on any atom is -0.493 e. The van der Waals surface area contributed by atoms with Crippen LogP contribution in [0, 0.1) is 5.92 Å². The molecular weight excluding hydrogens is 198 g/mol. The van der Waals surface area contributed by atoms with Crippen LogP contribution in [-0.4, -0.2) is 12.6 Å². The van der Waals surface area contributed by atoms with Crippen LogP contribution in [0.5, 0.6) is 5.75 Å². The summed E-state index contributed by atoms with van der Waals surface area (Å²) in [6.45, 7) is 7.12. The standard InChI is InChI=1S/C14H23NO/c1-11(2)10-16-14-6-4-5-13(9-14)8-7-12(3)15/h4-6,9,11-12H,7-8,10,15H2,1-3H3. The van der Waals surface area contributed by atoms with Crippen molar-refractivity contribution in [3.05, 3.63) is 29.8 Å². The lowest BCUT2D eigenvalue weighted by molar-refractivity contribution is 0.271. The van der Waals surface area contributed by atoms with E-state index in [4.69, 9.17) is 10.5 Å². The summed E-state index contributed by atoms with van der Waals surface area (Å²) >= 11 is 0. The van der Waals surface area contributed by atoms with Gasteiger partial charge in [-0.05, 0) is 43.4 Å². The summed E-state index contributed by atoms with van der Waals surface area (Å²) < 4.78 is 5.68. The number of hydrogen-bond donors (Lipinski definition) is 1. The number of aryl methyl sites for hydroxylation is 1. The molecule has 2 nitrogen and oxygen atoms in total. The lowest BCUT2D eigenvalue weighted by Crippen LogP contribution is -2.15. The Kier molecular flexibility index (Phi) is 5.33. The van der Waals surface area contributed by atoms with E-state index in [0.29, 0.717) is 5.92 Å². The van der Waals surface area contributed by atoms with Crippen LogP contribution in [0.3, 0.4) is 0 Å². The molecule has 1 rings (SSSR count). The van der Waals surface area contributed by atoms with E-state index < -0.39 is 0 Å². The van der Waals surface area contributed by atoms with E-state index >= 15 is 0 Å². The highest BCUT2D eigenvalue weighted by atomic mass is 16.5. The summed E-state index contributed by atoms with van der Waals surface area (Å²) in [5.74, 6) is 1.53. The van der Waals surface area contributed by atoms with Crippen LogP contribution in [0.15, 0.2) is 24.3 Å². The SMILES string of the molecule is CC(C)COc1cccc(CCC(C)N)c1. The van der Waals surface area contributed by atoms with Crippen LogP contribution in [0.1, 0.15) is 32.8 Å². The minimum absolute atomic E-state index is 0.264. The summed E-state index contributed by atoms with van der Waals surface area (Å²) in [6.07, 6.45) is 2.05. The molecule has 16 heavy (non-hydrogen) atoms. The van der Waals surface area contributed by atoms with E-state index in [2.05, 4.69) is 26.0 Å². The predicted molar refractivity (Wildman–Crippen MR) is 68.7 cm³/mol. The molecule has 1 aromatic rings. The molecule has 0 heterocycles. The van der Waals surface area contributed by atoms with Crippen molar-refractivity contribution in [3.8, 4) is 5.75 Å². The van der Waals surface area contributed by atoms with Crippen LogP contribution in [-0.2, 0) is 6.42 Å². The third-order valence-corrected chi connectivity index (χ3v) is 2.37. The van der Waals surface area contributed by atoms with Gasteiger partial charge in [0.05, 0.1) is 6.61 Å². The van der Waals surface area contributed by atoms with Crippen molar-refractivity contribution < 1.29 is 4.74 Å². The molecule has 90 valence electrons. The monoisotopic (exact) mass is 221 g/mol. The van der Waals surface area contributed by atoms with Gasteiger partial charge in [-0.2, -0.15) is 0 Å². The molecule has 0 aliphatic heterocycles. The fourth-order valence-corrected chi connectivity index (χ4v) is 1.45. The third kappa shape index (κ3) is 5.17. The first-order valence-corrected chi connectivity index (χ1v) is 6.05. The molecule has 0 saturated carbocycles. The largest absolute Gasteiger partial charge is 0.493 e. The fourth-order valence-electron chi connectivity index (χ4n) is 1.45. The second-order valence-electron chi connectivity index (χ2n) is 4.87. The normalized spacial score (nSPS) is 12.8. The molecule has 1 unspecified atom stereocenters. The van der Waals surface area contributed by atoms with Crippen LogP contribution >= 0.6 is 0 Å². The lowest BCUT2D eigenvalue weighted by atomic mass is 10.1. The van der Waals surface area contributed by atoms with Gasteiger partial charge in [0.25, 0.3) is 0 Å². The van der Waals surface area contributed by atoms with Crippen molar-refractivity contribution in [2.45, 2.75) is 39.7 Å². The van der Waals surface area contributed by atoms with Crippen molar-refractivity contribution in [2.75, 3.05) is 6.61 Å². The average Bonchev–Trinajstić information content (AvgIpc) is 2.24. The van der Waals surface area contributed by atoms with Gasteiger partial charge < -0.3 is 10.5 Å². The second-order valence-corrected chi connectivity index (χ2v) is 4.87. The Bertz CT molecular complexity index is 280. The first-order valence-electron chi connectivity index (χ1n) is 6.05. The maximum atomic E-state index is 5.75. The zero-order valence-electron chi connectivity index (χ0n) is 10.6. The lowest BCUT2D eigenvalue weighted by Gasteiger charge is -2.10. The maximum Gasteiger partial charge on any atom is 0.119 e. The molecule has 2 heteroatoms. The van der Waals surface area contributed by atoms with Crippen molar-refractivity contribution in [3.63, 3.8) is 0 Å². The van der Waals surface area contributed by atoms with E-state index in [-0.39, 0.29) is 6.04 Å². The minimum atomic E-state index is 0.264. The Morgan fingerprint density at radius 2 is 2.00 bits per heavy atom. The highest BCUT2D eigenvalue weighted by Gasteiger charge is 2.00. The van der Waals surface area contributed by atoms with Crippen molar-refractivity contribution >= 4 is 0 Å². The molecule has 0 aliphatic carbocycles. The number of ether oxygens (including phenoxy) is 1. The topological polar surface area (TPSA) is 35.2 Å². The number of benzene rings is 1. The fraction of sp³-hybridized carbons (Fsp3) is 0.571. The molecule has 0 amide bonds. The molecule has 1 atom stereocenters. The molecule has 1 aromatic carbocycles. The van der Waals surface area contributed by atoms with Gasteiger partial charge in [-0.25, -0.2) is 0 Å². The molecule has 0 radical (unpaired) electrons. The Balaban J connectivity index is 2.50. The van der Waals surface area contributed by atoms with Crippen LogP contribution in [0.2, 0.25) is 0 Å². The molecule has 0 bridgehead atoms. The van der Waals surface area contributed by atoms with Crippen LogP contribution in [0.4, 0.5) is 0 Å². The molecule has 0 fully saturated rings. The van der Waals surface area contributed by atoms with E-state index in [1.54, 1.807) is 0 Å². The number of rotatable bonds is 6. The van der Waals surface area contributed by atoms with Crippen molar-refractivity contribution in [2.24, 2.45) is 11.7 Å². The van der Waals surface area contributed by atoms with E-state index in [1.165, 1.54) is 5.56 Å². The second kappa shape index (κ2) is 6.54. The summed E-state index contributed by atoms with van der Waals surface area (Å²) in [5, 5.41) is 0. The van der Waals surface area contributed by atoms with Crippen LogP contribution in [0.25, 0.3) is 0 Å².